The van der Waals surface area contributed by atoms with Crippen LogP contribution in [0, 0.1) is 5.92 Å². The number of rotatable bonds is 5. The Balaban J connectivity index is 1.18. The van der Waals surface area contributed by atoms with E-state index in [0.717, 1.165) is 32.1 Å². The molecule has 2 N–H and O–H groups in total. The molecule has 2 fully saturated rings. The molecule has 1 aliphatic heterocycles. The summed E-state index contributed by atoms with van der Waals surface area (Å²) >= 11 is 0. The predicted octanol–water partition coefficient (Wildman–Crippen LogP) is 4.55. The lowest BCUT2D eigenvalue weighted by molar-refractivity contribution is -0.154. The van der Waals surface area contributed by atoms with Gasteiger partial charge in [-0.2, -0.15) is 0 Å². The summed E-state index contributed by atoms with van der Waals surface area (Å²) in [4.78, 5) is 39.0. The van der Waals surface area contributed by atoms with Crippen molar-refractivity contribution in [3.63, 3.8) is 0 Å². The van der Waals surface area contributed by atoms with Gasteiger partial charge in [-0.1, -0.05) is 55.0 Å². The van der Waals surface area contributed by atoms with Gasteiger partial charge >= 0.3 is 12.1 Å². The van der Waals surface area contributed by atoms with Crippen molar-refractivity contribution >= 4 is 18.0 Å². The topological polar surface area (TPSA) is 95.9 Å². The first-order valence-corrected chi connectivity index (χ1v) is 12.7. The summed E-state index contributed by atoms with van der Waals surface area (Å²) in [6, 6.07) is 15.6. The number of amides is 2. The van der Waals surface area contributed by atoms with Crippen LogP contribution >= 0.6 is 0 Å². The van der Waals surface area contributed by atoms with E-state index in [2.05, 4.69) is 29.6 Å². The number of aliphatic carboxylic acids is 1. The molecule has 184 valence electrons. The molecule has 3 aliphatic rings. The van der Waals surface area contributed by atoms with Crippen LogP contribution in [0.5, 0.6) is 0 Å². The predicted molar refractivity (Wildman–Crippen MR) is 131 cm³/mol. The van der Waals surface area contributed by atoms with Gasteiger partial charge in [-0.25, -0.2) is 9.59 Å². The van der Waals surface area contributed by atoms with Crippen LogP contribution < -0.4 is 5.32 Å². The van der Waals surface area contributed by atoms with E-state index in [1.165, 1.54) is 22.3 Å². The maximum atomic E-state index is 13.2. The van der Waals surface area contributed by atoms with E-state index in [9.17, 15) is 19.5 Å². The fourth-order valence-electron chi connectivity index (χ4n) is 6.04. The summed E-state index contributed by atoms with van der Waals surface area (Å²) in [6.07, 6.45) is 4.56. The first kappa shape index (κ1) is 23.4. The number of nitrogens with zero attached hydrogens (tertiary/aromatic N) is 1. The average Bonchev–Trinajstić information content (AvgIpc) is 3.21. The number of nitrogens with one attached hydrogen (secondary N) is 1. The van der Waals surface area contributed by atoms with Gasteiger partial charge in [0.15, 0.2) is 0 Å². The number of likely N-dealkylation sites (tertiary alicyclic amines) is 1. The van der Waals surface area contributed by atoms with Crippen molar-refractivity contribution < 1.29 is 24.2 Å². The van der Waals surface area contributed by atoms with Gasteiger partial charge in [0.05, 0.1) is 0 Å². The third-order valence-electron chi connectivity index (χ3n) is 7.76. The first-order chi connectivity index (χ1) is 17.0. The molecule has 2 aromatic rings. The highest BCUT2D eigenvalue weighted by molar-refractivity contribution is 5.85. The maximum Gasteiger partial charge on any atom is 0.407 e. The second kappa shape index (κ2) is 10.1. The van der Waals surface area contributed by atoms with Gasteiger partial charge in [0.2, 0.25) is 5.91 Å². The zero-order chi connectivity index (χ0) is 24.4. The number of ether oxygens (including phenoxy) is 1. The molecule has 2 aliphatic carbocycles. The number of hydrogen-bond donors (Lipinski definition) is 2. The lowest BCUT2D eigenvalue weighted by Gasteiger charge is -2.37. The molecule has 7 heteroatoms. The van der Waals surface area contributed by atoms with E-state index >= 15 is 0 Å². The number of fused-ring (bicyclic) bond motifs is 3. The highest BCUT2D eigenvalue weighted by Crippen LogP contribution is 2.44. The fourth-order valence-corrected chi connectivity index (χ4v) is 6.04. The van der Waals surface area contributed by atoms with Gasteiger partial charge < -0.3 is 20.1 Å². The summed E-state index contributed by atoms with van der Waals surface area (Å²) in [5, 5.41) is 12.5. The number of alkyl carbamates (subject to hydrolysis) is 1. The van der Waals surface area contributed by atoms with Crippen LogP contribution in [0.15, 0.2) is 48.5 Å². The third-order valence-corrected chi connectivity index (χ3v) is 7.76. The van der Waals surface area contributed by atoms with Gasteiger partial charge in [-0.15, -0.1) is 0 Å². The largest absolute Gasteiger partial charge is 0.480 e. The van der Waals surface area contributed by atoms with Crippen LogP contribution in [0.25, 0.3) is 11.1 Å². The van der Waals surface area contributed by atoms with Crippen LogP contribution in [0.4, 0.5) is 4.79 Å². The summed E-state index contributed by atoms with van der Waals surface area (Å²) in [6.45, 7) is 0.750. The SMILES string of the molecule is O=C(N[C@@H]1CCC[C@@H](C(=O)N2CCCC[C@H]2C(=O)O)C1)OCC1c2ccccc2-c2ccccc21. The van der Waals surface area contributed by atoms with Crippen LogP contribution in [-0.4, -0.2) is 53.2 Å². The van der Waals surface area contributed by atoms with Gasteiger partial charge in [0, 0.05) is 24.4 Å². The molecule has 35 heavy (non-hydrogen) atoms. The minimum atomic E-state index is -0.929. The number of carbonyl (C=O) groups excluding carboxylic acids is 2. The Bertz CT molecular complexity index is 1070. The second-order valence-corrected chi connectivity index (χ2v) is 9.91. The lowest BCUT2D eigenvalue weighted by atomic mass is 9.84. The molecule has 0 unspecified atom stereocenters. The molecule has 7 nitrogen and oxygen atoms in total. The Morgan fingerprint density at radius 3 is 2.29 bits per heavy atom. The van der Waals surface area contributed by atoms with Crippen molar-refractivity contribution in [1.29, 1.82) is 0 Å². The molecule has 0 spiro atoms. The molecule has 3 atom stereocenters. The lowest BCUT2D eigenvalue weighted by Crippen LogP contribution is -2.51. The van der Waals surface area contributed by atoms with E-state index in [0.29, 0.717) is 19.4 Å². The number of carboxylic acid groups (broad SMARTS) is 1. The van der Waals surface area contributed by atoms with E-state index in [1.54, 1.807) is 4.90 Å². The Morgan fingerprint density at radius 1 is 0.914 bits per heavy atom. The molecule has 1 saturated carbocycles. The molecule has 0 bridgehead atoms. The zero-order valence-electron chi connectivity index (χ0n) is 19.8. The highest BCUT2D eigenvalue weighted by atomic mass is 16.5. The minimum absolute atomic E-state index is 0.000820. The Kier molecular flexibility index (Phi) is 6.75. The van der Waals surface area contributed by atoms with Gasteiger partial charge in [-0.05, 0) is 60.8 Å². The maximum absolute atomic E-state index is 13.2. The van der Waals surface area contributed by atoms with Crippen molar-refractivity contribution in [2.45, 2.75) is 62.9 Å². The molecular weight excluding hydrogens is 444 g/mol. The monoisotopic (exact) mass is 476 g/mol. The summed E-state index contributed by atoms with van der Waals surface area (Å²) in [5.41, 5.74) is 4.70. The number of piperidine rings is 1. The van der Waals surface area contributed by atoms with E-state index in [4.69, 9.17) is 4.74 Å². The molecule has 1 heterocycles. The zero-order valence-corrected chi connectivity index (χ0v) is 19.8. The van der Waals surface area contributed by atoms with E-state index in [1.807, 2.05) is 24.3 Å². The Morgan fingerprint density at radius 2 is 1.60 bits per heavy atom. The minimum Gasteiger partial charge on any atom is -0.480 e. The molecular formula is C28H32N2O5. The van der Waals surface area contributed by atoms with Crippen LogP contribution in [-0.2, 0) is 14.3 Å². The average molecular weight is 477 g/mol. The van der Waals surface area contributed by atoms with Crippen LogP contribution in [0.2, 0.25) is 0 Å². The van der Waals surface area contributed by atoms with Gasteiger partial charge in [0.25, 0.3) is 0 Å². The van der Waals surface area contributed by atoms with Crippen molar-refractivity contribution in [3.8, 4) is 11.1 Å². The van der Waals surface area contributed by atoms with Gasteiger partial charge in [0.1, 0.15) is 12.6 Å². The van der Waals surface area contributed by atoms with Crippen molar-refractivity contribution in [1.82, 2.24) is 10.2 Å². The quantitative estimate of drug-likeness (QED) is 0.660. The van der Waals surface area contributed by atoms with Crippen molar-refractivity contribution in [2.24, 2.45) is 5.92 Å². The smallest absolute Gasteiger partial charge is 0.407 e. The van der Waals surface area contributed by atoms with E-state index in [-0.39, 0.29) is 30.4 Å². The number of carboxylic acids is 1. The normalized spacial score (nSPS) is 23.8. The summed E-state index contributed by atoms with van der Waals surface area (Å²) in [5.74, 6) is -1.28. The Hall–Kier alpha value is -3.35. The molecule has 0 aromatic heterocycles. The standard InChI is InChI=1S/C28H32N2O5/c31-26(30-15-6-5-14-25(30)27(32)33)18-8-7-9-19(16-18)29-28(34)35-17-24-22-12-3-1-10-20(22)21-11-2-4-13-23(21)24/h1-4,10-13,18-19,24-25H,5-9,14-17H2,(H,29,34)(H,32,33)/t18-,19-,25+/m1/s1. The van der Waals surface area contributed by atoms with Crippen molar-refractivity contribution in [3.05, 3.63) is 59.7 Å². The van der Waals surface area contributed by atoms with Crippen molar-refractivity contribution in [2.75, 3.05) is 13.2 Å². The molecule has 2 amide bonds. The highest BCUT2D eigenvalue weighted by Gasteiger charge is 2.38. The molecule has 2 aromatic carbocycles. The Labute approximate surface area is 205 Å². The van der Waals surface area contributed by atoms with Crippen LogP contribution in [0.3, 0.4) is 0 Å². The number of hydrogen-bond acceptors (Lipinski definition) is 4. The summed E-state index contributed by atoms with van der Waals surface area (Å²) < 4.78 is 5.68. The molecule has 0 radical (unpaired) electrons. The second-order valence-electron chi connectivity index (χ2n) is 9.91. The fraction of sp³-hybridized carbons (Fsp3) is 0.464. The number of carbonyl (C=O) groups is 3. The first-order valence-electron chi connectivity index (χ1n) is 12.7. The van der Waals surface area contributed by atoms with E-state index < -0.39 is 18.1 Å². The molecule has 1 saturated heterocycles. The van der Waals surface area contributed by atoms with Crippen LogP contribution in [0.1, 0.15) is 62.0 Å². The summed E-state index contributed by atoms with van der Waals surface area (Å²) in [7, 11) is 0. The number of benzene rings is 2. The third kappa shape index (κ3) is 4.77. The van der Waals surface area contributed by atoms with Gasteiger partial charge in [-0.3, -0.25) is 4.79 Å². The molecule has 5 rings (SSSR count).